The normalized spacial score (nSPS) is 18.6. The summed E-state index contributed by atoms with van der Waals surface area (Å²) >= 11 is 0. The van der Waals surface area contributed by atoms with Crippen LogP contribution >= 0.6 is 0 Å². The van der Waals surface area contributed by atoms with Crippen molar-refractivity contribution in [2.24, 2.45) is 0 Å². The van der Waals surface area contributed by atoms with Crippen molar-refractivity contribution < 1.29 is 63.9 Å². The zero-order valence-electron chi connectivity index (χ0n) is 14.6. The number of carbonyl (C=O) groups excluding carboxylic acids is 1. The van der Waals surface area contributed by atoms with Crippen LogP contribution in [0.5, 0.6) is 0 Å². The Hall–Kier alpha value is -1.93. The SMILES string of the molecule is O=C1C(Cc2ccc([N+](=O)[O-])cc2)NC(Cc2ccc([N+](=O)[O-])cc2)N1O.[Ac]. The predicted octanol–water partition coefficient (Wildman–Crippen LogP) is 1.80. The molecule has 0 aromatic heterocycles. The number of nitro groups is 2. The molecule has 2 aromatic carbocycles. The van der Waals surface area contributed by atoms with Gasteiger partial charge in [-0.3, -0.25) is 35.5 Å². The Labute approximate surface area is 195 Å². The first-order valence-corrected chi connectivity index (χ1v) is 8.10. The minimum atomic E-state index is -0.667. The van der Waals surface area contributed by atoms with Crippen LogP contribution in [0.1, 0.15) is 11.1 Å². The minimum absolute atomic E-state index is 0. The minimum Gasteiger partial charge on any atom is -0.284 e. The zero-order chi connectivity index (χ0) is 19.6. The van der Waals surface area contributed by atoms with Gasteiger partial charge in [-0.25, -0.2) is 5.06 Å². The first-order chi connectivity index (χ1) is 12.8. The molecule has 28 heavy (non-hydrogen) atoms. The zero-order valence-corrected chi connectivity index (χ0v) is 19.3. The third-order valence-electron chi connectivity index (χ3n) is 4.38. The van der Waals surface area contributed by atoms with Crippen LogP contribution in [0, 0.1) is 64.3 Å². The third kappa shape index (κ3) is 5.11. The van der Waals surface area contributed by atoms with Gasteiger partial charge in [-0.2, -0.15) is 0 Å². The maximum Gasteiger partial charge on any atom is 0.269 e. The van der Waals surface area contributed by atoms with Crippen molar-refractivity contribution in [2.75, 3.05) is 0 Å². The molecule has 2 N–H and O–H groups in total. The molecule has 2 atom stereocenters. The Kier molecular flexibility index (Phi) is 7.60. The standard InChI is InChI=1S/C17H16N4O6.Ac/c22-17-15(9-11-1-5-13(6-2-11)20(24)25)18-16(19(17)23)10-12-3-7-14(8-4-12)21(26)27;/h1-8,15-16,18,23H,9-10H2;. The van der Waals surface area contributed by atoms with E-state index in [2.05, 4.69) is 5.32 Å². The third-order valence-corrected chi connectivity index (χ3v) is 4.38. The Morgan fingerprint density at radius 1 is 0.893 bits per heavy atom. The van der Waals surface area contributed by atoms with Crippen molar-refractivity contribution >= 4 is 17.3 Å². The molecule has 0 spiro atoms. The fourth-order valence-corrected chi connectivity index (χ4v) is 2.95. The van der Waals surface area contributed by atoms with E-state index in [0.29, 0.717) is 5.06 Å². The summed E-state index contributed by atoms with van der Waals surface area (Å²) in [5.41, 5.74) is 1.37. The van der Waals surface area contributed by atoms with E-state index >= 15 is 0 Å². The van der Waals surface area contributed by atoms with Gasteiger partial charge in [0.15, 0.2) is 0 Å². The molecule has 1 aliphatic heterocycles. The molecule has 143 valence electrons. The van der Waals surface area contributed by atoms with Crippen molar-refractivity contribution in [1.82, 2.24) is 10.4 Å². The van der Waals surface area contributed by atoms with Gasteiger partial charge in [0.2, 0.25) is 0 Å². The Morgan fingerprint density at radius 2 is 1.32 bits per heavy atom. The monoisotopic (exact) mass is 599 g/mol. The summed E-state index contributed by atoms with van der Waals surface area (Å²) < 4.78 is 0. The van der Waals surface area contributed by atoms with E-state index in [0.717, 1.165) is 11.1 Å². The smallest absolute Gasteiger partial charge is 0.269 e. The number of nitrogens with zero attached hydrogens (tertiary/aromatic N) is 3. The van der Waals surface area contributed by atoms with Crippen LogP contribution in [-0.4, -0.2) is 38.2 Å². The molecule has 1 heterocycles. The van der Waals surface area contributed by atoms with Crippen LogP contribution < -0.4 is 5.32 Å². The molecule has 0 saturated carbocycles. The molecule has 1 radical (unpaired) electrons. The van der Waals surface area contributed by atoms with Crippen LogP contribution in [0.15, 0.2) is 48.5 Å². The summed E-state index contributed by atoms with van der Waals surface area (Å²) in [7, 11) is 0. The number of carbonyl (C=O) groups is 1. The first-order valence-electron chi connectivity index (χ1n) is 8.10. The van der Waals surface area contributed by atoms with Crippen molar-refractivity contribution in [2.45, 2.75) is 25.0 Å². The number of nitro benzene ring substituents is 2. The van der Waals surface area contributed by atoms with Gasteiger partial charge in [0.25, 0.3) is 17.3 Å². The van der Waals surface area contributed by atoms with Crippen molar-refractivity contribution in [3.8, 4) is 0 Å². The number of hydrogen-bond acceptors (Lipinski definition) is 7. The van der Waals surface area contributed by atoms with Gasteiger partial charge < -0.3 is 0 Å². The van der Waals surface area contributed by atoms with E-state index in [1.165, 1.54) is 24.3 Å². The van der Waals surface area contributed by atoms with Crippen molar-refractivity contribution in [3.63, 3.8) is 0 Å². The second kappa shape index (κ2) is 9.52. The summed E-state index contributed by atoms with van der Waals surface area (Å²) in [4.78, 5) is 32.6. The van der Waals surface area contributed by atoms with Gasteiger partial charge >= 0.3 is 0 Å². The molecule has 2 unspecified atom stereocenters. The quantitative estimate of drug-likeness (QED) is 0.294. The Morgan fingerprint density at radius 3 is 1.75 bits per heavy atom. The van der Waals surface area contributed by atoms with Gasteiger partial charge in [-0.15, -0.1) is 0 Å². The molecule has 1 fully saturated rings. The second-order valence-corrected chi connectivity index (χ2v) is 6.17. The van der Waals surface area contributed by atoms with E-state index in [1.54, 1.807) is 24.3 Å². The molecule has 3 rings (SSSR count). The number of hydroxylamine groups is 2. The summed E-state index contributed by atoms with van der Waals surface area (Å²) in [6.07, 6.45) is -0.122. The molecular weight excluding hydrogens is 583 g/mol. The van der Waals surface area contributed by atoms with E-state index < -0.39 is 28.0 Å². The van der Waals surface area contributed by atoms with Gasteiger partial charge in [-0.1, -0.05) is 24.3 Å². The van der Waals surface area contributed by atoms with Crippen LogP contribution in [0.25, 0.3) is 0 Å². The topological polar surface area (TPSA) is 139 Å². The predicted molar refractivity (Wildman–Crippen MR) is 92.9 cm³/mol. The first kappa shape index (κ1) is 22.4. The average molecular weight is 599 g/mol. The Bertz CT molecular complexity index is 874. The molecular formula is C17H16AcN4O6. The number of hydrogen-bond donors (Lipinski definition) is 2. The number of amides is 1. The summed E-state index contributed by atoms with van der Waals surface area (Å²) in [5.74, 6) is -0.500. The molecule has 0 aliphatic carbocycles. The van der Waals surface area contributed by atoms with Gasteiger partial charge in [-0.05, 0) is 17.5 Å². The molecule has 1 aliphatic rings. The molecule has 1 saturated heterocycles. The van der Waals surface area contributed by atoms with Gasteiger partial charge in [0.1, 0.15) is 6.17 Å². The molecule has 0 bridgehead atoms. The average Bonchev–Trinajstić information content (AvgIpc) is 2.90. The van der Waals surface area contributed by atoms with Crippen molar-refractivity contribution in [3.05, 3.63) is 79.9 Å². The van der Waals surface area contributed by atoms with E-state index in [9.17, 15) is 30.2 Å². The summed E-state index contributed by atoms with van der Waals surface area (Å²) in [5, 5.41) is 35.1. The molecule has 1 amide bonds. The van der Waals surface area contributed by atoms with Crippen LogP contribution in [0.4, 0.5) is 11.4 Å². The second-order valence-electron chi connectivity index (χ2n) is 6.17. The van der Waals surface area contributed by atoms with Crippen LogP contribution in [-0.2, 0) is 17.6 Å². The van der Waals surface area contributed by atoms with Gasteiger partial charge in [0, 0.05) is 74.7 Å². The van der Waals surface area contributed by atoms with E-state index in [1.807, 2.05) is 0 Å². The number of benzene rings is 2. The van der Waals surface area contributed by atoms with E-state index in [-0.39, 0.29) is 68.3 Å². The molecule has 10 nitrogen and oxygen atoms in total. The van der Waals surface area contributed by atoms with Crippen LogP contribution in [0.2, 0.25) is 0 Å². The van der Waals surface area contributed by atoms with E-state index in [4.69, 9.17) is 0 Å². The van der Waals surface area contributed by atoms with Crippen molar-refractivity contribution in [1.29, 1.82) is 0 Å². The van der Waals surface area contributed by atoms with Gasteiger partial charge in [0.05, 0.1) is 15.9 Å². The molecule has 2 aromatic rings. The summed E-state index contributed by atoms with van der Waals surface area (Å²) in [6, 6.07) is 11.1. The molecule has 11 heteroatoms. The number of non-ortho nitro benzene ring substituents is 2. The Balaban J connectivity index is 0.00000280. The summed E-state index contributed by atoms with van der Waals surface area (Å²) in [6.45, 7) is 0. The largest absolute Gasteiger partial charge is 0.284 e. The number of rotatable bonds is 6. The fourth-order valence-electron chi connectivity index (χ4n) is 2.95. The maximum atomic E-state index is 12.2. The fraction of sp³-hybridized carbons (Fsp3) is 0.235. The number of nitrogens with one attached hydrogen (secondary N) is 1. The van der Waals surface area contributed by atoms with Crippen LogP contribution in [0.3, 0.4) is 0 Å². The maximum absolute atomic E-state index is 12.2.